The Labute approximate surface area is 137 Å². The molecule has 23 heavy (non-hydrogen) atoms. The molecule has 1 heterocycles. The predicted octanol–water partition coefficient (Wildman–Crippen LogP) is 2.31. The number of hydrogen-bond donors (Lipinski definition) is 0. The van der Waals surface area contributed by atoms with Gasteiger partial charge in [0.05, 0.1) is 24.4 Å². The molecule has 3 rings (SSSR count). The van der Waals surface area contributed by atoms with E-state index in [1.54, 1.807) is 6.07 Å². The Hall–Kier alpha value is -1.53. The molecule has 0 atom stereocenters. The Morgan fingerprint density at radius 3 is 2.30 bits per heavy atom. The van der Waals surface area contributed by atoms with Crippen molar-refractivity contribution in [3.8, 4) is 5.75 Å². The Morgan fingerprint density at radius 1 is 1.17 bits per heavy atom. The van der Waals surface area contributed by atoms with E-state index in [2.05, 4.69) is 0 Å². The van der Waals surface area contributed by atoms with Crippen LogP contribution in [0.25, 0.3) is 0 Å². The molecule has 2 fully saturated rings. The van der Waals surface area contributed by atoms with Gasteiger partial charge in [0.25, 0.3) is 0 Å². The molecule has 1 aliphatic heterocycles. The highest BCUT2D eigenvalue weighted by atomic mass is 16.7. The minimum atomic E-state index is -0.478. The number of ether oxygens (including phenoxy) is 2. The van der Waals surface area contributed by atoms with Crippen LogP contribution in [0.3, 0.4) is 0 Å². The van der Waals surface area contributed by atoms with Crippen LogP contribution in [0.2, 0.25) is 0 Å². The molecule has 1 aliphatic carbocycles. The van der Waals surface area contributed by atoms with Crippen molar-refractivity contribution >= 4 is 18.6 Å². The van der Waals surface area contributed by atoms with E-state index in [1.807, 2.05) is 39.8 Å². The van der Waals surface area contributed by atoms with E-state index in [-0.39, 0.29) is 6.10 Å². The van der Waals surface area contributed by atoms with Gasteiger partial charge in [0.15, 0.2) is 0 Å². The minimum Gasteiger partial charge on any atom is -0.490 e. The summed E-state index contributed by atoms with van der Waals surface area (Å²) in [4.78, 5) is 11.9. The number of carbonyl (C=O) groups excluding carboxylic acids is 1. The Morgan fingerprint density at radius 2 is 1.78 bits per heavy atom. The molecule has 1 saturated heterocycles. The molecule has 0 spiro atoms. The second kappa shape index (κ2) is 5.53. The third kappa shape index (κ3) is 3.10. The second-order valence-corrected chi connectivity index (χ2v) is 7.15. The van der Waals surface area contributed by atoms with Gasteiger partial charge in [0.1, 0.15) is 11.3 Å². The number of benzene rings is 1. The first kappa shape index (κ1) is 16.3. The van der Waals surface area contributed by atoms with Crippen LogP contribution in [0, 0.1) is 0 Å². The molecule has 1 aromatic carbocycles. The molecule has 5 nitrogen and oxygen atoms in total. The van der Waals surface area contributed by atoms with Crippen molar-refractivity contribution in [1.29, 1.82) is 0 Å². The lowest BCUT2D eigenvalue weighted by atomic mass is 9.78. The summed E-state index contributed by atoms with van der Waals surface area (Å²) in [5.74, 6) is 0.132. The van der Waals surface area contributed by atoms with E-state index < -0.39 is 24.3 Å². The molecular weight excluding hydrogens is 295 g/mol. The van der Waals surface area contributed by atoms with Crippen molar-refractivity contribution in [3.05, 3.63) is 23.8 Å². The van der Waals surface area contributed by atoms with Crippen LogP contribution in [0.15, 0.2) is 18.2 Å². The largest absolute Gasteiger partial charge is 0.494 e. The first-order chi connectivity index (χ1) is 10.7. The first-order valence-electron chi connectivity index (χ1n) is 7.98. The van der Waals surface area contributed by atoms with Crippen LogP contribution < -0.4 is 10.2 Å². The molecule has 0 radical (unpaired) electrons. The van der Waals surface area contributed by atoms with E-state index in [0.29, 0.717) is 11.3 Å². The molecule has 6 heteroatoms. The van der Waals surface area contributed by atoms with Gasteiger partial charge in [0.2, 0.25) is 0 Å². The Bertz CT molecular complexity index is 605. The van der Waals surface area contributed by atoms with Gasteiger partial charge in [-0.1, -0.05) is 6.07 Å². The van der Waals surface area contributed by atoms with Crippen LogP contribution in [0.4, 0.5) is 0 Å². The summed E-state index contributed by atoms with van der Waals surface area (Å²) in [6.07, 6.45) is 2.22. The van der Waals surface area contributed by atoms with Crippen molar-refractivity contribution in [2.75, 3.05) is 7.11 Å². The molecule has 2 aliphatic rings. The van der Waals surface area contributed by atoms with Gasteiger partial charge in [-0.05, 0) is 58.1 Å². The summed E-state index contributed by atoms with van der Waals surface area (Å²) < 4.78 is 22.8. The zero-order chi connectivity index (χ0) is 16.8. The predicted molar refractivity (Wildman–Crippen MR) is 87.1 cm³/mol. The van der Waals surface area contributed by atoms with Crippen LogP contribution in [0.1, 0.15) is 50.9 Å². The number of rotatable bonds is 4. The maximum atomic E-state index is 11.9. The average Bonchev–Trinajstić information content (AvgIpc) is 3.25. The molecule has 0 amide bonds. The standard InChI is InChI=1S/C17H23BO5/c1-16(2)17(3,4)23-18(22-16)11-6-9-13(15(19)20-5)14(10-11)21-12-7-8-12/h6,9-10,12H,7-8H2,1-5H3. The average molecular weight is 318 g/mol. The van der Waals surface area contributed by atoms with Crippen LogP contribution in [-0.2, 0) is 14.0 Å². The lowest BCUT2D eigenvalue weighted by Crippen LogP contribution is -2.41. The molecule has 0 aromatic heterocycles. The fraction of sp³-hybridized carbons (Fsp3) is 0.588. The quantitative estimate of drug-likeness (QED) is 0.630. The topological polar surface area (TPSA) is 54.0 Å². The summed E-state index contributed by atoms with van der Waals surface area (Å²) in [6, 6.07) is 5.37. The van der Waals surface area contributed by atoms with E-state index in [0.717, 1.165) is 18.3 Å². The maximum Gasteiger partial charge on any atom is 0.494 e. The van der Waals surface area contributed by atoms with Crippen LogP contribution in [-0.4, -0.2) is 37.5 Å². The van der Waals surface area contributed by atoms with Crippen molar-refractivity contribution in [3.63, 3.8) is 0 Å². The summed E-state index contributed by atoms with van der Waals surface area (Å²) in [5, 5.41) is 0. The Balaban J connectivity index is 1.90. The highest BCUT2D eigenvalue weighted by Gasteiger charge is 2.51. The first-order valence-corrected chi connectivity index (χ1v) is 7.98. The van der Waals surface area contributed by atoms with Gasteiger partial charge in [-0.2, -0.15) is 0 Å². The van der Waals surface area contributed by atoms with Gasteiger partial charge < -0.3 is 18.8 Å². The third-order valence-corrected chi connectivity index (χ3v) is 4.75. The smallest absolute Gasteiger partial charge is 0.490 e. The minimum absolute atomic E-state index is 0.187. The molecule has 0 bridgehead atoms. The molecular formula is C17H23BO5. The lowest BCUT2D eigenvalue weighted by molar-refractivity contribution is 0.00578. The summed E-state index contributed by atoms with van der Waals surface area (Å²) >= 11 is 0. The highest BCUT2D eigenvalue weighted by molar-refractivity contribution is 6.62. The van der Waals surface area contributed by atoms with Crippen molar-refractivity contribution in [1.82, 2.24) is 0 Å². The SMILES string of the molecule is COC(=O)c1ccc(B2OC(C)(C)C(C)(C)O2)cc1OC1CC1. The van der Waals surface area contributed by atoms with E-state index in [9.17, 15) is 4.79 Å². The van der Waals surface area contributed by atoms with E-state index >= 15 is 0 Å². The highest BCUT2D eigenvalue weighted by Crippen LogP contribution is 2.37. The fourth-order valence-corrected chi connectivity index (χ4v) is 2.41. The van der Waals surface area contributed by atoms with Crippen LogP contribution >= 0.6 is 0 Å². The number of carbonyl (C=O) groups is 1. The van der Waals surface area contributed by atoms with Gasteiger partial charge >= 0.3 is 13.1 Å². The van der Waals surface area contributed by atoms with Crippen LogP contribution in [0.5, 0.6) is 5.75 Å². The monoisotopic (exact) mass is 318 g/mol. The molecule has 1 aromatic rings. The van der Waals surface area contributed by atoms with Crippen molar-refractivity contribution in [2.24, 2.45) is 0 Å². The lowest BCUT2D eigenvalue weighted by Gasteiger charge is -2.32. The second-order valence-electron chi connectivity index (χ2n) is 7.15. The number of methoxy groups -OCH3 is 1. The zero-order valence-electron chi connectivity index (χ0n) is 14.3. The zero-order valence-corrected chi connectivity index (χ0v) is 14.3. The summed E-state index contributed by atoms with van der Waals surface area (Å²) in [7, 11) is 0.888. The third-order valence-electron chi connectivity index (χ3n) is 4.75. The molecule has 1 saturated carbocycles. The maximum absolute atomic E-state index is 11.9. The van der Waals surface area contributed by atoms with Gasteiger partial charge in [0, 0.05) is 0 Å². The fourth-order valence-electron chi connectivity index (χ4n) is 2.41. The summed E-state index contributed by atoms with van der Waals surface area (Å²) in [5.41, 5.74) is 0.457. The molecule has 124 valence electrons. The van der Waals surface area contributed by atoms with Gasteiger partial charge in [-0.3, -0.25) is 0 Å². The number of esters is 1. The van der Waals surface area contributed by atoms with Crippen molar-refractivity contribution in [2.45, 2.75) is 57.8 Å². The van der Waals surface area contributed by atoms with Gasteiger partial charge in [-0.15, -0.1) is 0 Å². The van der Waals surface area contributed by atoms with Crippen molar-refractivity contribution < 1.29 is 23.6 Å². The van der Waals surface area contributed by atoms with E-state index in [1.165, 1.54) is 7.11 Å². The molecule has 0 unspecified atom stereocenters. The Kier molecular flexibility index (Phi) is 3.93. The van der Waals surface area contributed by atoms with Gasteiger partial charge in [-0.25, -0.2) is 4.79 Å². The number of hydrogen-bond acceptors (Lipinski definition) is 5. The molecule has 0 N–H and O–H groups in total. The summed E-state index contributed by atoms with van der Waals surface area (Å²) in [6.45, 7) is 8.05. The normalized spacial score (nSPS) is 22.0. The van der Waals surface area contributed by atoms with E-state index in [4.69, 9.17) is 18.8 Å².